The van der Waals surface area contributed by atoms with E-state index in [2.05, 4.69) is 26.0 Å². The largest absolute Gasteiger partial charge is 0.482 e. The Balaban J connectivity index is 1.87. The normalized spacial score (nSPS) is 20.3. The molecule has 23 heavy (non-hydrogen) atoms. The molecular formula is C19H28N2O2. The van der Waals surface area contributed by atoms with Crippen molar-refractivity contribution in [2.45, 2.75) is 52.0 Å². The number of hydrogen-bond donors (Lipinski definition) is 1. The fourth-order valence-electron chi connectivity index (χ4n) is 3.76. The molecule has 2 aliphatic rings. The first-order valence-electron chi connectivity index (χ1n) is 8.89. The highest BCUT2D eigenvalue weighted by Crippen LogP contribution is 2.38. The Morgan fingerprint density at radius 1 is 1.26 bits per heavy atom. The second kappa shape index (κ2) is 6.91. The van der Waals surface area contributed by atoms with E-state index >= 15 is 0 Å². The van der Waals surface area contributed by atoms with E-state index in [-0.39, 0.29) is 18.6 Å². The second-order valence-corrected chi connectivity index (χ2v) is 7.34. The standard InChI is InChI=1S/C19H28N2O2/c1-13(2)11-21-16-10-15(8-9-17(16)23-12-18(21)22)19(20)14-6-4-3-5-7-14/h8-10,13-14,19H,3-7,11-12,20H2,1-2H3. The minimum atomic E-state index is 0.0367. The summed E-state index contributed by atoms with van der Waals surface area (Å²) in [7, 11) is 0. The molecule has 1 fully saturated rings. The number of nitrogens with two attached hydrogens (primary N) is 1. The molecule has 1 aliphatic carbocycles. The number of benzene rings is 1. The molecule has 4 nitrogen and oxygen atoms in total. The van der Waals surface area contributed by atoms with Crippen LogP contribution in [0.3, 0.4) is 0 Å². The van der Waals surface area contributed by atoms with Crippen molar-refractivity contribution in [3.8, 4) is 5.75 Å². The summed E-state index contributed by atoms with van der Waals surface area (Å²) in [6.07, 6.45) is 6.32. The summed E-state index contributed by atoms with van der Waals surface area (Å²) < 4.78 is 5.60. The lowest BCUT2D eigenvalue weighted by Gasteiger charge is -2.33. The first kappa shape index (κ1) is 16.3. The van der Waals surface area contributed by atoms with Crippen molar-refractivity contribution in [2.24, 2.45) is 17.6 Å². The van der Waals surface area contributed by atoms with Crippen LogP contribution in [0.25, 0.3) is 0 Å². The summed E-state index contributed by atoms with van der Waals surface area (Å²) in [4.78, 5) is 14.1. The molecule has 126 valence electrons. The van der Waals surface area contributed by atoms with E-state index in [4.69, 9.17) is 10.5 Å². The monoisotopic (exact) mass is 316 g/mol. The van der Waals surface area contributed by atoms with Gasteiger partial charge in [0.2, 0.25) is 0 Å². The average Bonchev–Trinajstić information content (AvgIpc) is 2.57. The lowest BCUT2D eigenvalue weighted by Crippen LogP contribution is -2.41. The number of carbonyl (C=O) groups is 1. The smallest absolute Gasteiger partial charge is 0.265 e. The van der Waals surface area contributed by atoms with E-state index in [1.807, 2.05) is 11.0 Å². The van der Waals surface area contributed by atoms with E-state index in [9.17, 15) is 4.79 Å². The molecule has 0 radical (unpaired) electrons. The highest BCUT2D eigenvalue weighted by molar-refractivity contribution is 5.97. The van der Waals surface area contributed by atoms with Crippen molar-refractivity contribution >= 4 is 11.6 Å². The van der Waals surface area contributed by atoms with Crippen LogP contribution in [-0.2, 0) is 4.79 Å². The predicted octanol–water partition coefficient (Wildman–Crippen LogP) is 3.65. The number of carbonyl (C=O) groups excluding carboxylic acids is 1. The lowest BCUT2D eigenvalue weighted by atomic mass is 9.81. The average molecular weight is 316 g/mol. The number of rotatable bonds is 4. The summed E-state index contributed by atoms with van der Waals surface area (Å²) in [6, 6.07) is 6.18. The molecular weight excluding hydrogens is 288 g/mol. The zero-order valence-corrected chi connectivity index (χ0v) is 14.3. The fraction of sp³-hybridized carbons (Fsp3) is 0.632. The maximum atomic E-state index is 12.2. The maximum Gasteiger partial charge on any atom is 0.265 e. The van der Waals surface area contributed by atoms with Gasteiger partial charge in [-0.3, -0.25) is 4.79 Å². The first-order chi connectivity index (χ1) is 11.1. The second-order valence-electron chi connectivity index (χ2n) is 7.34. The first-order valence-corrected chi connectivity index (χ1v) is 8.89. The predicted molar refractivity (Wildman–Crippen MR) is 92.6 cm³/mol. The zero-order valence-electron chi connectivity index (χ0n) is 14.3. The molecule has 1 atom stereocenters. The van der Waals surface area contributed by atoms with Crippen LogP contribution in [-0.4, -0.2) is 19.1 Å². The lowest BCUT2D eigenvalue weighted by molar-refractivity contribution is -0.121. The number of fused-ring (bicyclic) bond motifs is 1. The number of ether oxygens (including phenoxy) is 1. The minimum absolute atomic E-state index is 0.0367. The zero-order chi connectivity index (χ0) is 16.4. The van der Waals surface area contributed by atoms with E-state index in [1.54, 1.807) is 0 Å². The molecule has 1 aromatic carbocycles. The van der Waals surface area contributed by atoms with Gasteiger partial charge in [-0.15, -0.1) is 0 Å². The third-order valence-electron chi connectivity index (χ3n) is 5.02. The van der Waals surface area contributed by atoms with Crippen molar-refractivity contribution in [3.63, 3.8) is 0 Å². The summed E-state index contributed by atoms with van der Waals surface area (Å²) in [5, 5.41) is 0. The highest BCUT2D eigenvalue weighted by atomic mass is 16.5. The Bertz CT molecular complexity index is 564. The van der Waals surface area contributed by atoms with Crippen LogP contribution in [0.1, 0.15) is 57.6 Å². The van der Waals surface area contributed by atoms with Crippen molar-refractivity contribution in [1.82, 2.24) is 0 Å². The summed E-state index contributed by atoms with van der Waals surface area (Å²) >= 11 is 0. The van der Waals surface area contributed by atoms with Gasteiger partial charge in [0.05, 0.1) is 5.69 Å². The van der Waals surface area contributed by atoms with Crippen molar-refractivity contribution in [2.75, 3.05) is 18.1 Å². The Hall–Kier alpha value is -1.55. The fourth-order valence-corrected chi connectivity index (χ4v) is 3.76. The summed E-state index contributed by atoms with van der Waals surface area (Å²) in [5.74, 6) is 1.81. The van der Waals surface area contributed by atoms with Crippen LogP contribution in [0.5, 0.6) is 5.75 Å². The number of amides is 1. The molecule has 2 N–H and O–H groups in total. The molecule has 1 aromatic rings. The highest BCUT2D eigenvalue weighted by Gasteiger charge is 2.28. The summed E-state index contributed by atoms with van der Waals surface area (Å²) in [5.41, 5.74) is 8.56. The Morgan fingerprint density at radius 3 is 2.70 bits per heavy atom. The van der Waals surface area contributed by atoms with Crippen molar-refractivity contribution in [1.29, 1.82) is 0 Å². The van der Waals surface area contributed by atoms with Gasteiger partial charge >= 0.3 is 0 Å². The van der Waals surface area contributed by atoms with Gasteiger partial charge in [0.1, 0.15) is 5.75 Å². The third kappa shape index (κ3) is 3.52. The van der Waals surface area contributed by atoms with Gasteiger partial charge in [0.15, 0.2) is 6.61 Å². The van der Waals surface area contributed by atoms with E-state index in [0.29, 0.717) is 11.8 Å². The number of anilines is 1. The van der Waals surface area contributed by atoms with E-state index in [0.717, 1.165) is 23.5 Å². The third-order valence-corrected chi connectivity index (χ3v) is 5.02. The van der Waals surface area contributed by atoms with Crippen molar-refractivity contribution < 1.29 is 9.53 Å². The Kier molecular flexibility index (Phi) is 4.90. The molecule has 0 spiro atoms. The van der Waals surface area contributed by atoms with Crippen LogP contribution in [0.4, 0.5) is 5.69 Å². The van der Waals surface area contributed by atoms with Gasteiger partial charge in [0.25, 0.3) is 5.91 Å². The molecule has 1 unspecified atom stereocenters. The molecule has 1 amide bonds. The van der Waals surface area contributed by atoms with Crippen molar-refractivity contribution in [3.05, 3.63) is 23.8 Å². The Labute approximate surface area is 139 Å². The molecule has 1 heterocycles. The quantitative estimate of drug-likeness (QED) is 0.922. The van der Waals surface area contributed by atoms with E-state index < -0.39 is 0 Å². The van der Waals surface area contributed by atoms with Gasteiger partial charge in [-0.05, 0) is 42.4 Å². The van der Waals surface area contributed by atoms with E-state index in [1.165, 1.54) is 32.1 Å². The van der Waals surface area contributed by atoms with Gasteiger partial charge in [-0.1, -0.05) is 39.2 Å². The molecule has 0 aromatic heterocycles. The SMILES string of the molecule is CC(C)CN1C(=O)COc2ccc(C(N)C3CCCCC3)cc21. The summed E-state index contributed by atoms with van der Waals surface area (Å²) in [6.45, 7) is 5.10. The molecule has 0 saturated heterocycles. The topological polar surface area (TPSA) is 55.6 Å². The van der Waals surface area contributed by atoms with Crippen LogP contribution >= 0.6 is 0 Å². The number of nitrogens with zero attached hydrogens (tertiary/aromatic N) is 1. The van der Waals surface area contributed by atoms with Crippen LogP contribution < -0.4 is 15.4 Å². The maximum absolute atomic E-state index is 12.2. The molecule has 1 saturated carbocycles. The van der Waals surface area contributed by atoms with Gasteiger partial charge in [0, 0.05) is 12.6 Å². The molecule has 1 aliphatic heterocycles. The van der Waals surface area contributed by atoms with Crippen LogP contribution in [0.2, 0.25) is 0 Å². The van der Waals surface area contributed by atoms with Gasteiger partial charge in [-0.2, -0.15) is 0 Å². The minimum Gasteiger partial charge on any atom is -0.482 e. The van der Waals surface area contributed by atoms with Gasteiger partial charge < -0.3 is 15.4 Å². The molecule has 4 heteroatoms. The van der Waals surface area contributed by atoms with Gasteiger partial charge in [-0.25, -0.2) is 0 Å². The Morgan fingerprint density at radius 2 is 2.00 bits per heavy atom. The van der Waals surface area contributed by atoms with Crippen LogP contribution in [0, 0.1) is 11.8 Å². The molecule has 0 bridgehead atoms. The van der Waals surface area contributed by atoms with Crippen LogP contribution in [0.15, 0.2) is 18.2 Å². The number of hydrogen-bond acceptors (Lipinski definition) is 3. The molecule has 3 rings (SSSR count).